The van der Waals surface area contributed by atoms with Crippen LogP contribution in [0.3, 0.4) is 0 Å². The zero-order valence-electron chi connectivity index (χ0n) is 9.29. The van der Waals surface area contributed by atoms with Crippen LogP contribution in [0, 0.1) is 10.1 Å². The molecule has 2 rings (SSSR count). The van der Waals surface area contributed by atoms with Crippen molar-refractivity contribution < 1.29 is 9.72 Å². The van der Waals surface area contributed by atoms with Crippen LogP contribution in [-0.4, -0.2) is 20.5 Å². The summed E-state index contributed by atoms with van der Waals surface area (Å²) < 4.78 is 1.43. The standard InChI is InChI=1S/C11H11N3O3/c1-13-11(10(7-12-13)14(16)17)8-4-2-3-5-9(15)6-8/h3,5-7H,2,4H2,1H3. The van der Waals surface area contributed by atoms with E-state index in [4.69, 9.17) is 0 Å². The van der Waals surface area contributed by atoms with E-state index < -0.39 is 4.92 Å². The molecule has 1 aliphatic carbocycles. The third kappa shape index (κ3) is 2.15. The van der Waals surface area contributed by atoms with Crippen molar-refractivity contribution in [3.8, 4) is 0 Å². The number of carbonyl (C=O) groups excluding carboxylic acids is 1. The average Bonchev–Trinajstić information content (AvgIpc) is 2.52. The Morgan fingerprint density at radius 1 is 1.53 bits per heavy atom. The molecule has 0 unspecified atom stereocenters. The van der Waals surface area contributed by atoms with E-state index >= 15 is 0 Å². The largest absolute Gasteiger partial charge is 0.314 e. The molecule has 1 aliphatic rings. The van der Waals surface area contributed by atoms with Crippen LogP contribution in [0.25, 0.3) is 5.57 Å². The minimum absolute atomic E-state index is 0.0616. The van der Waals surface area contributed by atoms with Crippen molar-refractivity contribution in [3.63, 3.8) is 0 Å². The van der Waals surface area contributed by atoms with Gasteiger partial charge in [0.05, 0.1) is 4.92 Å². The summed E-state index contributed by atoms with van der Waals surface area (Å²) in [5, 5.41) is 14.7. The number of nitro groups is 1. The molecule has 0 fully saturated rings. The normalized spacial score (nSPS) is 15.6. The number of aryl methyl sites for hydroxylation is 1. The second-order valence-corrected chi connectivity index (χ2v) is 3.77. The number of hydrogen-bond donors (Lipinski definition) is 0. The smallest absolute Gasteiger partial charge is 0.290 e. The molecule has 0 atom stereocenters. The van der Waals surface area contributed by atoms with Crippen molar-refractivity contribution in [2.45, 2.75) is 12.8 Å². The molecule has 0 aliphatic heterocycles. The van der Waals surface area contributed by atoms with Crippen LogP contribution in [0.2, 0.25) is 0 Å². The van der Waals surface area contributed by atoms with E-state index in [9.17, 15) is 14.9 Å². The maximum absolute atomic E-state index is 11.4. The topological polar surface area (TPSA) is 78.0 Å². The lowest BCUT2D eigenvalue weighted by molar-refractivity contribution is -0.385. The molecule has 0 amide bonds. The Hall–Kier alpha value is -2.24. The summed E-state index contributed by atoms with van der Waals surface area (Å²) in [6.45, 7) is 0. The first-order chi connectivity index (χ1) is 8.09. The van der Waals surface area contributed by atoms with E-state index in [1.54, 1.807) is 13.1 Å². The number of ketones is 1. The molecule has 1 aromatic heterocycles. The summed E-state index contributed by atoms with van der Waals surface area (Å²) in [7, 11) is 1.63. The average molecular weight is 233 g/mol. The molecular formula is C11H11N3O3. The van der Waals surface area contributed by atoms with E-state index in [-0.39, 0.29) is 11.5 Å². The molecule has 0 aromatic carbocycles. The summed E-state index contributed by atoms with van der Waals surface area (Å²) in [5.74, 6) is -0.145. The Morgan fingerprint density at radius 2 is 2.29 bits per heavy atom. The maximum atomic E-state index is 11.4. The SMILES string of the molecule is Cn1ncc([N+](=O)[O-])c1C1=CC(=O)C=CCC1. The zero-order chi connectivity index (χ0) is 12.4. The quantitative estimate of drug-likeness (QED) is 0.574. The van der Waals surface area contributed by atoms with Crippen molar-refractivity contribution in [2.75, 3.05) is 0 Å². The summed E-state index contributed by atoms with van der Waals surface area (Å²) in [4.78, 5) is 21.8. The molecule has 17 heavy (non-hydrogen) atoms. The Balaban J connectivity index is 2.50. The highest BCUT2D eigenvalue weighted by Gasteiger charge is 2.22. The third-order valence-electron chi connectivity index (χ3n) is 2.60. The molecule has 88 valence electrons. The van der Waals surface area contributed by atoms with Gasteiger partial charge in [0.15, 0.2) is 5.78 Å². The van der Waals surface area contributed by atoms with E-state index in [2.05, 4.69) is 5.10 Å². The van der Waals surface area contributed by atoms with Crippen LogP contribution in [0.15, 0.2) is 24.4 Å². The molecular weight excluding hydrogens is 222 g/mol. The third-order valence-corrected chi connectivity index (χ3v) is 2.60. The predicted molar refractivity (Wildman–Crippen MR) is 61.2 cm³/mol. The fourth-order valence-corrected chi connectivity index (χ4v) is 1.85. The van der Waals surface area contributed by atoms with Crippen LogP contribution in [0.5, 0.6) is 0 Å². The molecule has 6 nitrogen and oxygen atoms in total. The van der Waals surface area contributed by atoms with Crippen LogP contribution in [0.1, 0.15) is 18.5 Å². The van der Waals surface area contributed by atoms with Gasteiger partial charge in [-0.05, 0) is 30.6 Å². The fourth-order valence-electron chi connectivity index (χ4n) is 1.85. The number of allylic oxidation sites excluding steroid dienone is 4. The molecule has 1 aromatic rings. The van der Waals surface area contributed by atoms with E-state index in [1.165, 1.54) is 23.0 Å². The van der Waals surface area contributed by atoms with Crippen LogP contribution in [-0.2, 0) is 11.8 Å². The van der Waals surface area contributed by atoms with Gasteiger partial charge in [-0.25, -0.2) is 0 Å². The molecule has 0 N–H and O–H groups in total. The van der Waals surface area contributed by atoms with Gasteiger partial charge in [-0.3, -0.25) is 19.6 Å². The zero-order valence-corrected chi connectivity index (χ0v) is 9.29. The first-order valence-corrected chi connectivity index (χ1v) is 5.17. The van der Waals surface area contributed by atoms with Gasteiger partial charge in [-0.15, -0.1) is 0 Å². The van der Waals surface area contributed by atoms with Gasteiger partial charge in [0.25, 0.3) is 0 Å². The van der Waals surface area contributed by atoms with E-state index in [0.717, 1.165) is 0 Å². The second-order valence-electron chi connectivity index (χ2n) is 3.77. The monoisotopic (exact) mass is 233 g/mol. The van der Waals surface area contributed by atoms with E-state index in [0.29, 0.717) is 24.1 Å². The van der Waals surface area contributed by atoms with Crippen LogP contribution in [0.4, 0.5) is 5.69 Å². The van der Waals surface area contributed by atoms with Crippen molar-refractivity contribution in [1.29, 1.82) is 0 Å². The summed E-state index contributed by atoms with van der Waals surface area (Å²) in [6.07, 6.45) is 7.19. The Kier molecular flexibility index (Phi) is 2.86. The highest BCUT2D eigenvalue weighted by molar-refractivity contribution is 6.05. The van der Waals surface area contributed by atoms with Gasteiger partial charge < -0.3 is 0 Å². The Morgan fingerprint density at radius 3 is 3.00 bits per heavy atom. The lowest BCUT2D eigenvalue weighted by atomic mass is 10.1. The predicted octanol–water partition coefficient (Wildman–Crippen LogP) is 1.63. The molecule has 0 saturated carbocycles. The number of aromatic nitrogens is 2. The van der Waals surface area contributed by atoms with Gasteiger partial charge in [0.1, 0.15) is 11.9 Å². The highest BCUT2D eigenvalue weighted by Crippen LogP contribution is 2.29. The molecule has 6 heteroatoms. The van der Waals surface area contributed by atoms with Crippen LogP contribution < -0.4 is 0 Å². The number of rotatable bonds is 2. The number of nitrogens with zero attached hydrogens (tertiary/aromatic N) is 3. The second kappa shape index (κ2) is 4.32. The molecule has 0 saturated heterocycles. The summed E-state index contributed by atoms with van der Waals surface area (Å²) in [5.41, 5.74) is 1.01. The summed E-state index contributed by atoms with van der Waals surface area (Å²) in [6, 6.07) is 0. The molecule has 0 bridgehead atoms. The Labute approximate surface area is 97.4 Å². The minimum atomic E-state index is -0.480. The van der Waals surface area contributed by atoms with Crippen molar-refractivity contribution in [2.24, 2.45) is 7.05 Å². The Bertz CT molecular complexity index is 540. The first kappa shape index (κ1) is 11.3. The molecule has 0 radical (unpaired) electrons. The lowest BCUT2D eigenvalue weighted by Crippen LogP contribution is -2.01. The van der Waals surface area contributed by atoms with Gasteiger partial charge in [0.2, 0.25) is 0 Å². The molecule has 1 heterocycles. The van der Waals surface area contributed by atoms with Gasteiger partial charge in [-0.1, -0.05) is 6.08 Å². The number of carbonyl (C=O) groups is 1. The van der Waals surface area contributed by atoms with Gasteiger partial charge in [-0.2, -0.15) is 5.10 Å². The van der Waals surface area contributed by atoms with Crippen LogP contribution >= 0.6 is 0 Å². The van der Waals surface area contributed by atoms with Crippen molar-refractivity contribution in [1.82, 2.24) is 9.78 Å². The van der Waals surface area contributed by atoms with Gasteiger partial charge >= 0.3 is 5.69 Å². The van der Waals surface area contributed by atoms with Crippen molar-refractivity contribution in [3.05, 3.63) is 40.2 Å². The van der Waals surface area contributed by atoms with E-state index in [1.807, 2.05) is 0 Å². The fraction of sp³-hybridized carbons (Fsp3) is 0.273. The highest BCUT2D eigenvalue weighted by atomic mass is 16.6. The maximum Gasteiger partial charge on any atom is 0.314 e. The molecule has 0 spiro atoms. The number of hydrogen-bond acceptors (Lipinski definition) is 4. The first-order valence-electron chi connectivity index (χ1n) is 5.17. The lowest BCUT2D eigenvalue weighted by Gasteiger charge is -2.04. The minimum Gasteiger partial charge on any atom is -0.290 e. The van der Waals surface area contributed by atoms with Crippen molar-refractivity contribution >= 4 is 17.0 Å². The summed E-state index contributed by atoms with van der Waals surface area (Å²) >= 11 is 0. The van der Waals surface area contributed by atoms with Gasteiger partial charge in [0, 0.05) is 7.05 Å².